The second-order valence-corrected chi connectivity index (χ2v) is 5.77. The molecule has 0 amide bonds. The van der Waals surface area contributed by atoms with Crippen molar-refractivity contribution in [3.8, 4) is 0 Å². The van der Waals surface area contributed by atoms with Gasteiger partial charge in [0.2, 0.25) is 0 Å². The van der Waals surface area contributed by atoms with Gasteiger partial charge in [-0.1, -0.05) is 0 Å². The van der Waals surface area contributed by atoms with Crippen LogP contribution < -0.4 is 5.73 Å². The van der Waals surface area contributed by atoms with E-state index in [1.54, 1.807) is 0 Å². The Hall–Kier alpha value is -0.200. The lowest BCUT2D eigenvalue weighted by molar-refractivity contribution is 0.0140. The number of likely N-dealkylation sites (tertiary alicyclic amines) is 1. The van der Waals surface area contributed by atoms with Crippen LogP contribution in [0.2, 0.25) is 0 Å². The summed E-state index contributed by atoms with van der Waals surface area (Å²) in [5.74, 6) is 0. The van der Waals surface area contributed by atoms with Crippen LogP contribution in [0.15, 0.2) is 0 Å². The third kappa shape index (κ3) is 2.30. The number of nitrogens with zero attached hydrogens (tertiary/aromatic N) is 2. The molecule has 5 heteroatoms. The molecule has 0 spiro atoms. The van der Waals surface area contributed by atoms with Crippen molar-refractivity contribution in [2.24, 2.45) is 5.73 Å². The summed E-state index contributed by atoms with van der Waals surface area (Å²) in [7, 11) is 0. The first-order valence-electron chi connectivity index (χ1n) is 7.19. The highest BCUT2D eigenvalue weighted by molar-refractivity contribution is 5.00. The summed E-state index contributed by atoms with van der Waals surface area (Å²) in [6, 6.07) is 0.693. The molecular weight excluding hydrogens is 230 g/mol. The summed E-state index contributed by atoms with van der Waals surface area (Å²) in [6.45, 7) is 8.69. The Bertz CT molecular complexity index is 275. The maximum atomic E-state index is 6.02. The first-order chi connectivity index (χ1) is 8.84. The molecule has 5 nitrogen and oxygen atoms in total. The van der Waals surface area contributed by atoms with E-state index in [0.717, 1.165) is 59.0 Å². The second kappa shape index (κ2) is 5.43. The molecule has 104 valence electrons. The number of hydrogen-bond acceptors (Lipinski definition) is 5. The molecule has 0 radical (unpaired) electrons. The molecule has 0 aromatic rings. The summed E-state index contributed by atoms with van der Waals surface area (Å²) >= 11 is 0. The van der Waals surface area contributed by atoms with Gasteiger partial charge in [0.15, 0.2) is 0 Å². The molecule has 3 fully saturated rings. The zero-order chi connectivity index (χ0) is 12.4. The van der Waals surface area contributed by atoms with Gasteiger partial charge in [-0.15, -0.1) is 0 Å². The maximum Gasteiger partial charge on any atom is 0.0663 e. The molecular formula is C13H25N3O2. The molecule has 0 aromatic heterocycles. The molecule has 2 unspecified atom stereocenters. The van der Waals surface area contributed by atoms with E-state index in [1.807, 2.05) is 0 Å². The molecule has 2 atom stereocenters. The van der Waals surface area contributed by atoms with Crippen LogP contribution in [0.1, 0.15) is 12.8 Å². The Morgan fingerprint density at radius 1 is 1.11 bits per heavy atom. The number of nitrogens with two attached hydrogens (primary N) is 1. The molecule has 3 heterocycles. The maximum absolute atomic E-state index is 6.02. The molecule has 3 rings (SSSR count). The molecule has 0 aliphatic carbocycles. The average Bonchev–Trinajstić information content (AvgIpc) is 3.09. The topological polar surface area (TPSA) is 51.0 Å². The predicted octanol–water partition coefficient (Wildman–Crippen LogP) is -0.489. The number of morpholine rings is 1. The first kappa shape index (κ1) is 12.8. The van der Waals surface area contributed by atoms with Gasteiger partial charge in [-0.3, -0.25) is 9.80 Å². The van der Waals surface area contributed by atoms with E-state index >= 15 is 0 Å². The SMILES string of the molecule is NCC1(N2CCC(N3CCOCC3)C2)CCOC1. The van der Waals surface area contributed by atoms with Gasteiger partial charge in [0.25, 0.3) is 0 Å². The van der Waals surface area contributed by atoms with Crippen molar-refractivity contribution in [2.45, 2.75) is 24.4 Å². The smallest absolute Gasteiger partial charge is 0.0663 e. The van der Waals surface area contributed by atoms with Gasteiger partial charge in [0, 0.05) is 45.4 Å². The van der Waals surface area contributed by atoms with Crippen molar-refractivity contribution in [1.82, 2.24) is 9.80 Å². The molecule has 0 aromatic carbocycles. The number of hydrogen-bond donors (Lipinski definition) is 1. The summed E-state index contributed by atoms with van der Waals surface area (Å²) in [4.78, 5) is 5.17. The highest BCUT2D eigenvalue weighted by Gasteiger charge is 2.43. The lowest BCUT2D eigenvalue weighted by Gasteiger charge is -2.38. The highest BCUT2D eigenvalue weighted by atomic mass is 16.5. The zero-order valence-corrected chi connectivity index (χ0v) is 11.1. The van der Waals surface area contributed by atoms with E-state index in [9.17, 15) is 0 Å². The van der Waals surface area contributed by atoms with Crippen molar-refractivity contribution < 1.29 is 9.47 Å². The Kier molecular flexibility index (Phi) is 3.86. The van der Waals surface area contributed by atoms with Gasteiger partial charge < -0.3 is 15.2 Å². The minimum Gasteiger partial charge on any atom is -0.379 e. The van der Waals surface area contributed by atoms with Crippen LogP contribution in [0, 0.1) is 0 Å². The van der Waals surface area contributed by atoms with E-state index in [-0.39, 0.29) is 5.54 Å². The van der Waals surface area contributed by atoms with Crippen molar-refractivity contribution in [3.63, 3.8) is 0 Å². The summed E-state index contributed by atoms with van der Waals surface area (Å²) in [5, 5.41) is 0. The van der Waals surface area contributed by atoms with Crippen LogP contribution in [0.5, 0.6) is 0 Å². The summed E-state index contributed by atoms with van der Waals surface area (Å²) in [5.41, 5.74) is 6.14. The van der Waals surface area contributed by atoms with Crippen LogP contribution >= 0.6 is 0 Å². The van der Waals surface area contributed by atoms with Gasteiger partial charge in [0.1, 0.15) is 0 Å². The van der Waals surface area contributed by atoms with Crippen LogP contribution in [0.3, 0.4) is 0 Å². The van der Waals surface area contributed by atoms with Gasteiger partial charge in [-0.05, 0) is 12.8 Å². The van der Waals surface area contributed by atoms with Crippen LogP contribution in [-0.4, -0.2) is 80.5 Å². The molecule has 0 bridgehead atoms. The Balaban J connectivity index is 1.60. The lowest BCUT2D eigenvalue weighted by Crippen LogP contribution is -2.55. The van der Waals surface area contributed by atoms with E-state index < -0.39 is 0 Å². The predicted molar refractivity (Wildman–Crippen MR) is 69.6 cm³/mol. The first-order valence-corrected chi connectivity index (χ1v) is 7.19. The zero-order valence-electron chi connectivity index (χ0n) is 11.1. The van der Waals surface area contributed by atoms with Crippen LogP contribution in [-0.2, 0) is 9.47 Å². The molecule has 18 heavy (non-hydrogen) atoms. The van der Waals surface area contributed by atoms with E-state index in [0.29, 0.717) is 6.04 Å². The minimum absolute atomic E-state index is 0.126. The fourth-order valence-corrected chi connectivity index (χ4v) is 3.55. The molecule has 3 aliphatic rings. The monoisotopic (exact) mass is 255 g/mol. The normalized spacial score (nSPS) is 39.5. The number of rotatable bonds is 3. The van der Waals surface area contributed by atoms with Gasteiger partial charge in [0.05, 0.1) is 25.4 Å². The van der Waals surface area contributed by atoms with Crippen molar-refractivity contribution >= 4 is 0 Å². The lowest BCUT2D eigenvalue weighted by atomic mass is 9.97. The second-order valence-electron chi connectivity index (χ2n) is 5.77. The van der Waals surface area contributed by atoms with E-state index in [2.05, 4.69) is 9.80 Å². The molecule has 2 N–H and O–H groups in total. The molecule has 3 aliphatic heterocycles. The van der Waals surface area contributed by atoms with Crippen molar-refractivity contribution in [1.29, 1.82) is 0 Å². The summed E-state index contributed by atoms with van der Waals surface area (Å²) < 4.78 is 11.0. The molecule has 0 saturated carbocycles. The fraction of sp³-hybridized carbons (Fsp3) is 1.00. The van der Waals surface area contributed by atoms with Gasteiger partial charge >= 0.3 is 0 Å². The fourth-order valence-electron chi connectivity index (χ4n) is 3.55. The van der Waals surface area contributed by atoms with E-state index in [1.165, 1.54) is 13.0 Å². The van der Waals surface area contributed by atoms with Crippen molar-refractivity contribution in [3.05, 3.63) is 0 Å². The minimum atomic E-state index is 0.126. The van der Waals surface area contributed by atoms with Crippen LogP contribution in [0.4, 0.5) is 0 Å². The molecule has 3 saturated heterocycles. The Labute approximate surface area is 109 Å². The van der Waals surface area contributed by atoms with Gasteiger partial charge in [-0.2, -0.15) is 0 Å². The van der Waals surface area contributed by atoms with Gasteiger partial charge in [-0.25, -0.2) is 0 Å². The Morgan fingerprint density at radius 3 is 2.61 bits per heavy atom. The third-order valence-corrected chi connectivity index (χ3v) is 4.86. The largest absolute Gasteiger partial charge is 0.379 e. The quantitative estimate of drug-likeness (QED) is 0.737. The third-order valence-electron chi connectivity index (χ3n) is 4.86. The van der Waals surface area contributed by atoms with Crippen LogP contribution in [0.25, 0.3) is 0 Å². The van der Waals surface area contributed by atoms with E-state index in [4.69, 9.17) is 15.2 Å². The summed E-state index contributed by atoms with van der Waals surface area (Å²) in [6.07, 6.45) is 2.36. The highest BCUT2D eigenvalue weighted by Crippen LogP contribution is 2.30. The van der Waals surface area contributed by atoms with Crippen molar-refractivity contribution in [2.75, 3.05) is 59.2 Å². The Morgan fingerprint density at radius 2 is 1.94 bits per heavy atom. The standard InChI is InChI=1S/C13H25N3O2/c14-10-13(2-6-18-11-13)16-3-1-12(9-16)15-4-7-17-8-5-15/h12H,1-11,14H2. The average molecular weight is 255 g/mol. The number of ether oxygens (including phenoxy) is 2.